The molecule has 7 nitrogen and oxygen atoms in total. The molecule has 3 aromatic rings. The third-order valence-electron chi connectivity index (χ3n) is 2.99. The molecule has 3 rings (SSSR count). The van der Waals surface area contributed by atoms with E-state index in [0.29, 0.717) is 5.56 Å². The number of hydrogen-bond donors (Lipinski definition) is 4. The lowest BCUT2D eigenvalue weighted by molar-refractivity contribution is 0.481. The van der Waals surface area contributed by atoms with Crippen LogP contribution in [0.2, 0.25) is 0 Å². The van der Waals surface area contributed by atoms with Gasteiger partial charge in [-0.15, -0.1) is 0 Å². The molecular formula is C13H10N4O3. The molecule has 0 saturated carbocycles. The summed E-state index contributed by atoms with van der Waals surface area (Å²) >= 11 is 0. The minimum absolute atomic E-state index is 0.107. The van der Waals surface area contributed by atoms with Gasteiger partial charge in [0.05, 0.1) is 5.39 Å². The van der Waals surface area contributed by atoms with Crippen molar-refractivity contribution in [2.45, 2.75) is 0 Å². The predicted molar refractivity (Wildman–Crippen MR) is 74.5 cm³/mol. The first kappa shape index (κ1) is 12.0. The van der Waals surface area contributed by atoms with Crippen LogP contribution in [-0.4, -0.2) is 20.3 Å². The maximum Gasteiger partial charge on any atom is 0.274 e. The van der Waals surface area contributed by atoms with Crippen molar-refractivity contribution in [2.24, 2.45) is 0 Å². The maximum absolute atomic E-state index is 11.8. The van der Waals surface area contributed by atoms with E-state index < -0.39 is 11.1 Å². The van der Waals surface area contributed by atoms with Crippen LogP contribution in [0, 0.1) is 0 Å². The quantitative estimate of drug-likeness (QED) is 0.514. The number of anilines is 1. The summed E-state index contributed by atoms with van der Waals surface area (Å²) < 4.78 is 0. The molecule has 0 atom stereocenters. The van der Waals surface area contributed by atoms with Crippen LogP contribution >= 0.6 is 0 Å². The van der Waals surface area contributed by atoms with Crippen LogP contribution in [0.15, 0.2) is 39.9 Å². The number of nitrogen functional groups attached to an aromatic ring is 1. The number of fused-ring (bicyclic) bond motifs is 1. The number of aromatic amines is 2. The van der Waals surface area contributed by atoms with Gasteiger partial charge in [-0.2, -0.15) is 0 Å². The molecule has 0 unspecified atom stereocenters. The van der Waals surface area contributed by atoms with Gasteiger partial charge < -0.3 is 10.8 Å². The van der Waals surface area contributed by atoms with E-state index in [4.69, 9.17) is 5.73 Å². The zero-order chi connectivity index (χ0) is 14.3. The number of rotatable bonds is 1. The highest BCUT2D eigenvalue weighted by Gasteiger charge is 2.18. The van der Waals surface area contributed by atoms with Gasteiger partial charge in [0.15, 0.2) is 5.75 Å². The Bertz CT molecular complexity index is 913. The summed E-state index contributed by atoms with van der Waals surface area (Å²) in [6, 6.07) is 8.77. The maximum atomic E-state index is 11.8. The number of aromatic nitrogens is 3. The smallest absolute Gasteiger partial charge is 0.274 e. The largest absolute Gasteiger partial charge is 0.505 e. The number of benzene rings is 1. The SMILES string of the molecule is Nc1nc(-c2ccccc2)c(O)c2c(=O)[nH][nH]c(=O)c12. The molecule has 0 aliphatic rings. The van der Waals surface area contributed by atoms with Gasteiger partial charge in [-0.3, -0.25) is 19.8 Å². The van der Waals surface area contributed by atoms with Gasteiger partial charge in [-0.1, -0.05) is 30.3 Å². The third kappa shape index (κ3) is 1.64. The molecule has 2 heterocycles. The normalized spacial score (nSPS) is 10.8. The van der Waals surface area contributed by atoms with Crippen LogP contribution in [0.4, 0.5) is 5.82 Å². The van der Waals surface area contributed by atoms with E-state index in [2.05, 4.69) is 15.2 Å². The van der Waals surface area contributed by atoms with Gasteiger partial charge in [0.1, 0.15) is 16.9 Å². The van der Waals surface area contributed by atoms with Gasteiger partial charge >= 0.3 is 0 Å². The average molecular weight is 270 g/mol. The van der Waals surface area contributed by atoms with Gasteiger partial charge in [-0.05, 0) is 0 Å². The van der Waals surface area contributed by atoms with Gasteiger partial charge in [0.2, 0.25) is 0 Å². The van der Waals surface area contributed by atoms with Crippen molar-refractivity contribution >= 4 is 16.6 Å². The summed E-state index contributed by atoms with van der Waals surface area (Å²) in [5, 5.41) is 14.3. The zero-order valence-electron chi connectivity index (χ0n) is 10.2. The van der Waals surface area contributed by atoms with E-state index in [1.54, 1.807) is 24.3 Å². The molecule has 0 amide bonds. The first-order valence-electron chi connectivity index (χ1n) is 5.78. The van der Waals surface area contributed by atoms with Crippen molar-refractivity contribution in [1.82, 2.24) is 15.2 Å². The summed E-state index contributed by atoms with van der Waals surface area (Å²) in [5.41, 5.74) is 5.25. The first-order chi connectivity index (χ1) is 9.59. The number of aromatic hydroxyl groups is 1. The number of pyridine rings is 1. The van der Waals surface area contributed by atoms with Gasteiger partial charge in [-0.25, -0.2) is 4.98 Å². The number of nitrogens with one attached hydrogen (secondary N) is 2. The van der Waals surface area contributed by atoms with Crippen molar-refractivity contribution in [1.29, 1.82) is 0 Å². The lowest BCUT2D eigenvalue weighted by Crippen LogP contribution is -2.21. The van der Waals surface area contributed by atoms with E-state index in [1.807, 2.05) is 6.07 Å². The van der Waals surface area contributed by atoms with Crippen LogP contribution in [0.5, 0.6) is 5.75 Å². The molecule has 0 fully saturated rings. The fourth-order valence-corrected chi connectivity index (χ4v) is 2.08. The topological polar surface area (TPSA) is 125 Å². The molecule has 0 radical (unpaired) electrons. The summed E-state index contributed by atoms with van der Waals surface area (Å²) in [7, 11) is 0. The van der Waals surface area contributed by atoms with Crippen LogP contribution in [-0.2, 0) is 0 Å². The molecule has 2 aromatic heterocycles. The Balaban J connectivity index is 2.50. The van der Waals surface area contributed by atoms with E-state index in [9.17, 15) is 14.7 Å². The van der Waals surface area contributed by atoms with E-state index in [-0.39, 0.29) is 28.0 Å². The Labute approximate surface area is 111 Å². The van der Waals surface area contributed by atoms with Crippen LogP contribution in [0.1, 0.15) is 0 Å². The fraction of sp³-hybridized carbons (Fsp3) is 0. The Kier molecular flexibility index (Phi) is 2.53. The molecule has 5 N–H and O–H groups in total. The number of hydrogen-bond acceptors (Lipinski definition) is 5. The van der Waals surface area contributed by atoms with Crippen molar-refractivity contribution in [3.63, 3.8) is 0 Å². The van der Waals surface area contributed by atoms with Crippen LogP contribution in [0.25, 0.3) is 22.0 Å². The number of nitrogens with two attached hydrogens (primary N) is 1. The fourth-order valence-electron chi connectivity index (χ4n) is 2.08. The second kappa shape index (κ2) is 4.23. The van der Waals surface area contributed by atoms with Crippen molar-refractivity contribution in [3.8, 4) is 17.0 Å². The van der Waals surface area contributed by atoms with Crippen molar-refractivity contribution in [2.75, 3.05) is 5.73 Å². The van der Waals surface area contributed by atoms with Gasteiger partial charge in [0.25, 0.3) is 11.1 Å². The molecule has 1 aromatic carbocycles. The summed E-state index contributed by atoms with van der Waals surface area (Å²) in [6.07, 6.45) is 0. The second-order valence-corrected chi connectivity index (χ2v) is 4.22. The van der Waals surface area contributed by atoms with Crippen molar-refractivity contribution in [3.05, 3.63) is 51.0 Å². The number of H-pyrrole nitrogens is 2. The van der Waals surface area contributed by atoms with Crippen LogP contribution in [0.3, 0.4) is 0 Å². The third-order valence-corrected chi connectivity index (χ3v) is 2.99. The molecule has 100 valence electrons. The highest BCUT2D eigenvalue weighted by atomic mass is 16.3. The highest BCUT2D eigenvalue weighted by Crippen LogP contribution is 2.33. The predicted octanol–water partition coefficient (Wildman–Crippen LogP) is 0.566. The zero-order valence-corrected chi connectivity index (χ0v) is 10.2. The van der Waals surface area contributed by atoms with Gasteiger partial charge in [0, 0.05) is 5.56 Å². The molecule has 0 aliphatic carbocycles. The standard InChI is InChI=1S/C13H10N4O3/c14-11-8-7(12(19)16-17-13(8)20)10(18)9(15-11)6-4-2-1-3-5-6/h1-5,18H,(H2,14,15)(H,16,19)(H,17,20). The Morgan fingerprint density at radius 2 is 1.60 bits per heavy atom. The molecule has 7 heteroatoms. The Hall–Kier alpha value is -3.09. The monoisotopic (exact) mass is 270 g/mol. The van der Waals surface area contributed by atoms with E-state index >= 15 is 0 Å². The van der Waals surface area contributed by atoms with Crippen molar-refractivity contribution < 1.29 is 5.11 Å². The van der Waals surface area contributed by atoms with E-state index in [0.717, 1.165) is 0 Å². The average Bonchev–Trinajstić information content (AvgIpc) is 2.46. The summed E-state index contributed by atoms with van der Waals surface area (Å²) in [4.78, 5) is 27.5. The molecule has 0 spiro atoms. The summed E-state index contributed by atoms with van der Waals surface area (Å²) in [5.74, 6) is -0.475. The second-order valence-electron chi connectivity index (χ2n) is 4.22. The van der Waals surface area contributed by atoms with Crippen LogP contribution < -0.4 is 16.9 Å². The highest BCUT2D eigenvalue weighted by molar-refractivity contribution is 5.97. The first-order valence-corrected chi connectivity index (χ1v) is 5.78. The molecule has 0 saturated heterocycles. The molecule has 20 heavy (non-hydrogen) atoms. The summed E-state index contributed by atoms with van der Waals surface area (Å²) in [6.45, 7) is 0. The molecule has 0 bridgehead atoms. The molecule has 0 aliphatic heterocycles. The number of nitrogens with zero attached hydrogens (tertiary/aromatic N) is 1. The lowest BCUT2D eigenvalue weighted by atomic mass is 10.1. The minimum Gasteiger partial charge on any atom is -0.505 e. The molecular weight excluding hydrogens is 260 g/mol. The van der Waals surface area contributed by atoms with E-state index in [1.165, 1.54) is 0 Å². The minimum atomic E-state index is -0.636. The Morgan fingerprint density at radius 3 is 2.25 bits per heavy atom. The Morgan fingerprint density at radius 1 is 1.00 bits per heavy atom. The lowest BCUT2D eigenvalue weighted by Gasteiger charge is -2.08.